The van der Waals surface area contributed by atoms with Gasteiger partial charge < -0.3 is 0 Å². The van der Waals surface area contributed by atoms with E-state index in [4.69, 9.17) is 0 Å². The highest BCUT2D eigenvalue weighted by Crippen LogP contribution is 2.70. The molecule has 248 valence electrons. The lowest BCUT2D eigenvalue weighted by atomic mass is 9.47. The molecule has 0 unspecified atom stereocenters. The van der Waals surface area contributed by atoms with Gasteiger partial charge in [0, 0.05) is 0 Å². The molecule has 0 saturated heterocycles. The molecule has 2 saturated carbocycles. The Hall–Kier alpha value is -5.72. The molecule has 52 heavy (non-hydrogen) atoms. The average molecular weight is 665 g/mol. The molecule has 0 amide bonds. The van der Waals surface area contributed by atoms with Crippen LogP contribution in [-0.4, -0.2) is 0 Å². The smallest absolute Gasteiger partial charge is 0.000568 e. The summed E-state index contributed by atoms with van der Waals surface area (Å²) >= 11 is 0. The van der Waals surface area contributed by atoms with Crippen molar-refractivity contribution in [2.24, 2.45) is 0 Å². The number of hydrogen-bond donors (Lipinski definition) is 0. The van der Waals surface area contributed by atoms with Crippen molar-refractivity contribution in [1.29, 1.82) is 0 Å². The van der Waals surface area contributed by atoms with Crippen molar-refractivity contribution >= 4 is 21.5 Å². The van der Waals surface area contributed by atoms with Gasteiger partial charge in [-0.3, -0.25) is 0 Å². The molecule has 2 fully saturated rings. The number of fused-ring (bicyclic) bond motifs is 6. The molecule has 0 N–H and O–H groups in total. The van der Waals surface area contributed by atoms with Crippen LogP contribution in [0.1, 0.15) is 91.9 Å². The number of rotatable bonds is 4. The van der Waals surface area contributed by atoms with Crippen LogP contribution in [0.5, 0.6) is 0 Å². The second-order valence-corrected chi connectivity index (χ2v) is 15.4. The Morgan fingerprint density at radius 3 is 0.596 bits per heavy atom. The Kier molecular flexibility index (Phi) is 6.87. The van der Waals surface area contributed by atoms with E-state index >= 15 is 0 Å². The zero-order chi connectivity index (χ0) is 34.2. The van der Waals surface area contributed by atoms with Gasteiger partial charge in [-0.05, 0) is 113 Å². The van der Waals surface area contributed by atoms with Crippen molar-refractivity contribution in [3.05, 3.63) is 239 Å². The van der Waals surface area contributed by atoms with Crippen LogP contribution in [0.25, 0.3) is 21.5 Å². The average Bonchev–Trinajstić information content (AvgIpc) is 3.19. The molecule has 3 aliphatic carbocycles. The van der Waals surface area contributed by atoms with Crippen LogP contribution in [0.2, 0.25) is 0 Å². The van der Waals surface area contributed by atoms with Crippen LogP contribution in [-0.2, 0) is 0 Å². The van der Waals surface area contributed by atoms with Gasteiger partial charge in [0.25, 0.3) is 0 Å². The first-order valence-corrected chi connectivity index (χ1v) is 19.1. The zero-order valence-corrected chi connectivity index (χ0v) is 29.1. The summed E-state index contributed by atoms with van der Waals surface area (Å²) < 4.78 is 0. The molecule has 11 rings (SSSR count). The third kappa shape index (κ3) is 4.34. The van der Waals surface area contributed by atoms with Gasteiger partial charge in [0.2, 0.25) is 0 Å². The maximum Gasteiger partial charge on any atom is -0.000568 e. The third-order valence-electron chi connectivity index (χ3n) is 13.2. The highest BCUT2D eigenvalue weighted by atomic mass is 14.6. The minimum Gasteiger partial charge on any atom is -0.0622 e. The van der Waals surface area contributed by atoms with E-state index in [1.165, 1.54) is 66.1 Å². The third-order valence-corrected chi connectivity index (χ3v) is 13.2. The molecule has 8 aromatic rings. The molecule has 3 aliphatic rings. The van der Waals surface area contributed by atoms with E-state index in [2.05, 4.69) is 194 Å². The molecule has 0 aliphatic heterocycles. The fourth-order valence-electron chi connectivity index (χ4n) is 11.3. The minimum absolute atomic E-state index is 0.333. The van der Waals surface area contributed by atoms with Crippen LogP contribution < -0.4 is 0 Å². The van der Waals surface area contributed by atoms with E-state index in [1.54, 1.807) is 0 Å². The summed E-state index contributed by atoms with van der Waals surface area (Å²) in [5.41, 5.74) is 11.7. The molecule has 0 spiro atoms. The van der Waals surface area contributed by atoms with Crippen molar-refractivity contribution in [3.63, 3.8) is 0 Å². The Labute approximate surface area is 306 Å². The van der Waals surface area contributed by atoms with E-state index in [-0.39, 0.29) is 0 Å². The summed E-state index contributed by atoms with van der Waals surface area (Å²) in [6, 6.07) is 74.5. The first-order chi connectivity index (χ1) is 25.9. The maximum atomic E-state index is 2.46. The Bertz CT molecular complexity index is 2190. The Balaban J connectivity index is 1.24. The van der Waals surface area contributed by atoms with Crippen molar-refractivity contribution < 1.29 is 0 Å². The predicted molar refractivity (Wildman–Crippen MR) is 216 cm³/mol. The minimum atomic E-state index is 0.333. The molecule has 0 aromatic heterocycles. The molecule has 0 nitrogen and oxygen atoms in total. The molecule has 8 bridgehead atoms. The molecule has 8 atom stereocenters. The maximum absolute atomic E-state index is 2.46. The Morgan fingerprint density at radius 2 is 0.385 bits per heavy atom. The molecule has 0 heterocycles. The van der Waals surface area contributed by atoms with E-state index < -0.39 is 0 Å². The zero-order valence-electron chi connectivity index (χ0n) is 29.1. The van der Waals surface area contributed by atoms with Gasteiger partial charge in [-0.15, -0.1) is 0 Å². The van der Waals surface area contributed by atoms with Crippen LogP contribution >= 0.6 is 0 Å². The molecular formula is C52H40. The molecule has 0 heteroatoms. The lowest BCUT2D eigenvalue weighted by Crippen LogP contribution is -2.41. The van der Waals surface area contributed by atoms with Gasteiger partial charge in [0.15, 0.2) is 0 Å². The standard InChI is InChI=1S/C52H40/c1-5-17-33(18-6-1)45-46(34-19-7-2-8-20-34)50-42-30-15-28-40-39(42)27-16-32-44(40)52-48(36-23-11-4-12-24-36)47(35-21-9-3-10-22-35)51(52)43-31-14-25-37-38(43)26-13-29-41(37)49(45)50/h1-32,45-52H/t45-,46+,47-,48+,49+,50-,51+,52-. The highest BCUT2D eigenvalue weighted by molar-refractivity contribution is 5.94. The number of benzene rings is 8. The van der Waals surface area contributed by atoms with Crippen molar-refractivity contribution in [2.75, 3.05) is 0 Å². The lowest BCUT2D eigenvalue weighted by molar-refractivity contribution is 0.229. The normalized spacial score (nSPS) is 25.7. The topological polar surface area (TPSA) is 0 Å². The van der Waals surface area contributed by atoms with Crippen LogP contribution in [0.15, 0.2) is 194 Å². The fraction of sp³-hybridized carbons (Fsp3) is 0.154. The quantitative estimate of drug-likeness (QED) is 0.176. The lowest BCUT2D eigenvalue weighted by Gasteiger charge is -2.56. The van der Waals surface area contributed by atoms with Gasteiger partial charge in [-0.2, -0.15) is 0 Å². The van der Waals surface area contributed by atoms with E-state index in [0.29, 0.717) is 47.3 Å². The Morgan fingerprint density at radius 1 is 0.173 bits per heavy atom. The van der Waals surface area contributed by atoms with Gasteiger partial charge in [-0.1, -0.05) is 194 Å². The number of hydrogen-bond acceptors (Lipinski definition) is 0. The molecule has 8 aromatic carbocycles. The predicted octanol–water partition coefficient (Wildman–Crippen LogP) is 13.2. The van der Waals surface area contributed by atoms with E-state index in [0.717, 1.165) is 0 Å². The summed E-state index contributed by atoms with van der Waals surface area (Å²) in [5, 5.41) is 5.69. The van der Waals surface area contributed by atoms with Crippen molar-refractivity contribution in [2.45, 2.75) is 47.3 Å². The van der Waals surface area contributed by atoms with E-state index in [1.807, 2.05) is 0 Å². The summed E-state index contributed by atoms with van der Waals surface area (Å²) in [7, 11) is 0. The van der Waals surface area contributed by atoms with Gasteiger partial charge in [0.05, 0.1) is 0 Å². The first kappa shape index (κ1) is 30.0. The van der Waals surface area contributed by atoms with Crippen LogP contribution in [0.3, 0.4) is 0 Å². The monoisotopic (exact) mass is 664 g/mol. The largest absolute Gasteiger partial charge is 0.0622 e. The highest BCUT2D eigenvalue weighted by Gasteiger charge is 2.56. The van der Waals surface area contributed by atoms with Gasteiger partial charge in [0.1, 0.15) is 0 Å². The van der Waals surface area contributed by atoms with Gasteiger partial charge >= 0.3 is 0 Å². The second-order valence-electron chi connectivity index (χ2n) is 15.4. The summed E-state index contributed by atoms with van der Waals surface area (Å²) in [6.07, 6.45) is 0. The van der Waals surface area contributed by atoms with Crippen LogP contribution in [0.4, 0.5) is 0 Å². The SMILES string of the molecule is c1ccc([C@@H]2[C@H](c3ccccc3)[C@H]3c4cccc5c(cccc45)[C@@H]4[C@@H](c5ccccc5)[C@@H](c5ccccc5)[C@@H]4c4cccc5c(cccc45)[C@@H]23)cc1. The fourth-order valence-corrected chi connectivity index (χ4v) is 11.3. The van der Waals surface area contributed by atoms with Crippen molar-refractivity contribution in [1.82, 2.24) is 0 Å². The van der Waals surface area contributed by atoms with Crippen LogP contribution in [0, 0.1) is 0 Å². The second kappa shape index (κ2) is 11.9. The van der Waals surface area contributed by atoms with Gasteiger partial charge in [-0.25, -0.2) is 0 Å². The summed E-state index contributed by atoms with van der Waals surface area (Å²) in [6.45, 7) is 0. The molecular weight excluding hydrogens is 625 g/mol. The first-order valence-electron chi connectivity index (χ1n) is 19.1. The molecule has 0 radical (unpaired) electrons. The van der Waals surface area contributed by atoms with E-state index in [9.17, 15) is 0 Å². The van der Waals surface area contributed by atoms with Crippen molar-refractivity contribution in [3.8, 4) is 0 Å². The summed E-state index contributed by atoms with van der Waals surface area (Å²) in [5.74, 6) is 2.78. The summed E-state index contributed by atoms with van der Waals surface area (Å²) in [4.78, 5) is 0.